The van der Waals surface area contributed by atoms with Crippen LogP contribution in [-0.4, -0.2) is 55.8 Å². The van der Waals surface area contributed by atoms with Gasteiger partial charge in [-0.25, -0.2) is 0 Å². The van der Waals surface area contributed by atoms with Crippen LogP contribution in [0.2, 0.25) is 0 Å². The van der Waals surface area contributed by atoms with Crippen molar-refractivity contribution in [2.45, 2.75) is 45.7 Å². The summed E-state index contributed by atoms with van der Waals surface area (Å²) in [4.78, 5) is 15.4. The third-order valence-electron chi connectivity index (χ3n) is 6.55. The van der Waals surface area contributed by atoms with Gasteiger partial charge in [-0.2, -0.15) is 5.26 Å². The smallest absolute Gasteiger partial charge is 0.262 e. The molecular formula is C27H36N4O3. The Morgan fingerprint density at radius 1 is 1.24 bits per heavy atom. The second kappa shape index (κ2) is 11.9. The van der Waals surface area contributed by atoms with Gasteiger partial charge in [0.25, 0.3) is 5.91 Å². The van der Waals surface area contributed by atoms with Gasteiger partial charge in [-0.05, 0) is 82.1 Å². The molecule has 0 saturated carbocycles. The molecule has 0 aliphatic carbocycles. The number of hydrogen-bond acceptors (Lipinski definition) is 5. The summed E-state index contributed by atoms with van der Waals surface area (Å²) < 4.78 is 12.9. The first-order chi connectivity index (χ1) is 16.4. The topological polar surface area (TPSA) is 79.5 Å². The molecule has 1 fully saturated rings. The predicted octanol–water partition coefficient (Wildman–Crippen LogP) is 4.18. The van der Waals surface area contributed by atoms with E-state index in [9.17, 15) is 10.1 Å². The number of likely N-dealkylation sites (tertiary alicyclic amines) is 1. The van der Waals surface area contributed by atoms with Crippen LogP contribution in [0.25, 0.3) is 6.08 Å². The zero-order valence-electron chi connectivity index (χ0n) is 20.9. The Kier molecular flexibility index (Phi) is 8.91. The van der Waals surface area contributed by atoms with Gasteiger partial charge in [0.1, 0.15) is 17.4 Å². The van der Waals surface area contributed by atoms with Crippen LogP contribution in [0, 0.1) is 25.2 Å². The van der Waals surface area contributed by atoms with Crippen LogP contribution in [0.3, 0.4) is 0 Å². The fraction of sp³-hybridized carbons (Fsp3) is 0.481. The molecule has 0 radical (unpaired) electrons. The average molecular weight is 465 g/mol. The normalized spacial score (nSPS) is 16.2. The van der Waals surface area contributed by atoms with Crippen LogP contribution in [0.1, 0.15) is 54.4 Å². The lowest BCUT2D eigenvalue weighted by atomic mass is 10.0. The van der Waals surface area contributed by atoms with Gasteiger partial charge in [0.15, 0.2) is 0 Å². The van der Waals surface area contributed by atoms with Crippen molar-refractivity contribution in [2.75, 3.05) is 40.5 Å². The van der Waals surface area contributed by atoms with Crippen LogP contribution >= 0.6 is 0 Å². The summed E-state index contributed by atoms with van der Waals surface area (Å²) in [5, 5.41) is 12.8. The average Bonchev–Trinajstić information content (AvgIpc) is 3.45. The molecular weight excluding hydrogens is 428 g/mol. The Hall–Kier alpha value is -3.08. The molecule has 1 aliphatic rings. The fourth-order valence-corrected chi connectivity index (χ4v) is 4.89. The van der Waals surface area contributed by atoms with E-state index in [1.165, 1.54) is 0 Å². The van der Waals surface area contributed by atoms with Crippen molar-refractivity contribution in [3.8, 4) is 11.8 Å². The number of benzene rings is 1. The van der Waals surface area contributed by atoms with E-state index in [0.29, 0.717) is 13.2 Å². The Labute approximate surface area is 203 Å². The van der Waals surface area contributed by atoms with Crippen molar-refractivity contribution in [2.24, 2.45) is 0 Å². The summed E-state index contributed by atoms with van der Waals surface area (Å²) in [5.41, 5.74) is 4.15. The van der Waals surface area contributed by atoms with E-state index in [0.717, 1.165) is 54.2 Å². The zero-order valence-corrected chi connectivity index (χ0v) is 20.9. The molecule has 34 heavy (non-hydrogen) atoms. The number of rotatable bonds is 10. The van der Waals surface area contributed by atoms with Gasteiger partial charge in [0.2, 0.25) is 0 Å². The Bertz CT molecular complexity index is 1060. The molecule has 7 heteroatoms. The maximum atomic E-state index is 13.0. The number of aryl methyl sites for hydroxylation is 1. The molecule has 1 aromatic carbocycles. The van der Waals surface area contributed by atoms with Crippen molar-refractivity contribution in [1.29, 1.82) is 5.26 Å². The highest BCUT2D eigenvalue weighted by atomic mass is 16.5. The molecule has 1 amide bonds. The summed E-state index contributed by atoms with van der Waals surface area (Å²) in [6.07, 6.45) is 3.98. The highest BCUT2D eigenvalue weighted by Crippen LogP contribution is 2.27. The van der Waals surface area contributed by atoms with Crippen LogP contribution in [0.4, 0.5) is 0 Å². The van der Waals surface area contributed by atoms with Crippen molar-refractivity contribution < 1.29 is 14.3 Å². The van der Waals surface area contributed by atoms with Gasteiger partial charge < -0.3 is 19.4 Å². The van der Waals surface area contributed by atoms with Crippen molar-refractivity contribution in [3.63, 3.8) is 0 Å². The quantitative estimate of drug-likeness (QED) is 0.421. The first-order valence-electron chi connectivity index (χ1n) is 11.8. The number of nitrogens with one attached hydrogen (secondary N) is 1. The van der Waals surface area contributed by atoms with Crippen molar-refractivity contribution >= 4 is 12.0 Å². The van der Waals surface area contributed by atoms with E-state index in [-0.39, 0.29) is 23.6 Å². The predicted molar refractivity (Wildman–Crippen MR) is 134 cm³/mol. The highest BCUT2D eigenvalue weighted by molar-refractivity contribution is 6.01. The van der Waals surface area contributed by atoms with E-state index in [2.05, 4.69) is 33.8 Å². The minimum absolute atomic E-state index is 0.0291. The Morgan fingerprint density at radius 2 is 1.97 bits per heavy atom. The van der Waals surface area contributed by atoms with Crippen molar-refractivity contribution in [3.05, 3.63) is 58.4 Å². The highest BCUT2D eigenvalue weighted by Gasteiger charge is 2.25. The molecule has 3 rings (SSSR count). The molecule has 0 spiro atoms. The van der Waals surface area contributed by atoms with Gasteiger partial charge in [-0.3, -0.25) is 9.69 Å². The maximum absolute atomic E-state index is 13.0. The van der Waals surface area contributed by atoms with Crippen LogP contribution in [-0.2, 0) is 9.53 Å². The fourth-order valence-electron chi connectivity index (χ4n) is 4.89. The van der Waals surface area contributed by atoms with E-state index >= 15 is 0 Å². The lowest BCUT2D eigenvalue weighted by Crippen LogP contribution is -2.37. The molecule has 182 valence electrons. The first kappa shape index (κ1) is 25.5. The standard InChI is InChI=1S/C27H36N4O3/c1-19-13-23(21(3)31(19)20(2)18-33-4)14-24(16-28)27(32)29-17-26(30-11-6-7-12-30)22-9-8-10-25(15-22)34-5/h8-10,13-15,20,26H,6-7,11-12,17-18H2,1-5H3,(H,29,32)/b24-14+. The minimum Gasteiger partial charge on any atom is -0.497 e. The molecule has 2 aromatic rings. The number of methoxy groups -OCH3 is 2. The third-order valence-corrected chi connectivity index (χ3v) is 6.55. The van der Waals surface area contributed by atoms with Crippen LogP contribution < -0.4 is 10.1 Å². The summed E-state index contributed by atoms with van der Waals surface area (Å²) in [6.45, 7) is 9.12. The van der Waals surface area contributed by atoms with Gasteiger partial charge in [-0.15, -0.1) is 0 Å². The largest absolute Gasteiger partial charge is 0.497 e. The Morgan fingerprint density at radius 3 is 2.62 bits per heavy atom. The number of amides is 1. The Balaban J connectivity index is 1.79. The van der Waals surface area contributed by atoms with Crippen LogP contribution in [0.15, 0.2) is 35.9 Å². The lowest BCUT2D eigenvalue weighted by Gasteiger charge is -2.28. The van der Waals surface area contributed by atoms with Gasteiger partial charge in [0, 0.05) is 25.0 Å². The van der Waals surface area contributed by atoms with E-state index in [1.807, 2.05) is 38.1 Å². The number of hydrogen-bond donors (Lipinski definition) is 1. The van der Waals surface area contributed by atoms with Gasteiger partial charge >= 0.3 is 0 Å². The summed E-state index contributed by atoms with van der Waals surface area (Å²) in [5.74, 6) is 0.438. The van der Waals surface area contributed by atoms with Crippen molar-refractivity contribution in [1.82, 2.24) is 14.8 Å². The maximum Gasteiger partial charge on any atom is 0.262 e. The van der Waals surface area contributed by atoms with E-state index in [4.69, 9.17) is 9.47 Å². The minimum atomic E-state index is -0.357. The summed E-state index contributed by atoms with van der Waals surface area (Å²) in [7, 11) is 3.34. The number of nitrogens with zero attached hydrogens (tertiary/aromatic N) is 3. The molecule has 7 nitrogen and oxygen atoms in total. The SMILES string of the molecule is COCC(C)n1c(C)cc(/C=C(\C#N)C(=O)NCC(c2cccc(OC)c2)N2CCCC2)c1C. The van der Waals surface area contributed by atoms with E-state index in [1.54, 1.807) is 20.3 Å². The number of nitriles is 1. The second-order valence-electron chi connectivity index (χ2n) is 8.92. The zero-order chi connectivity index (χ0) is 24.7. The lowest BCUT2D eigenvalue weighted by molar-refractivity contribution is -0.117. The first-order valence-corrected chi connectivity index (χ1v) is 11.8. The number of carbonyl (C=O) groups excluding carboxylic acids is 1. The summed E-state index contributed by atoms with van der Waals surface area (Å²) in [6, 6.07) is 12.3. The summed E-state index contributed by atoms with van der Waals surface area (Å²) >= 11 is 0. The molecule has 1 aromatic heterocycles. The second-order valence-corrected chi connectivity index (χ2v) is 8.92. The molecule has 2 heterocycles. The van der Waals surface area contributed by atoms with Crippen LogP contribution in [0.5, 0.6) is 5.75 Å². The molecule has 0 bridgehead atoms. The van der Waals surface area contributed by atoms with Gasteiger partial charge in [0.05, 0.1) is 25.8 Å². The van der Waals surface area contributed by atoms with E-state index < -0.39 is 0 Å². The molecule has 1 saturated heterocycles. The monoisotopic (exact) mass is 464 g/mol. The number of ether oxygens (including phenoxy) is 2. The number of carbonyl (C=O) groups is 1. The molecule has 1 N–H and O–H groups in total. The molecule has 1 aliphatic heterocycles. The number of aromatic nitrogens is 1. The molecule has 2 unspecified atom stereocenters. The third kappa shape index (κ3) is 5.88. The molecule has 2 atom stereocenters. The van der Waals surface area contributed by atoms with Gasteiger partial charge in [-0.1, -0.05) is 12.1 Å².